The number of rotatable bonds is 4. The zero-order valence-electron chi connectivity index (χ0n) is 16.5. The van der Waals surface area contributed by atoms with E-state index in [-0.39, 0.29) is 5.91 Å². The van der Waals surface area contributed by atoms with E-state index in [1.165, 1.54) is 0 Å². The number of aryl methyl sites for hydroxylation is 3. The molecule has 0 saturated carbocycles. The third-order valence-electron chi connectivity index (χ3n) is 4.67. The highest BCUT2D eigenvalue weighted by Gasteiger charge is 2.11. The van der Waals surface area contributed by atoms with Gasteiger partial charge in [-0.2, -0.15) is 5.10 Å². The topological polar surface area (TPSA) is 72.7 Å². The maximum atomic E-state index is 12.7. The van der Waals surface area contributed by atoms with E-state index < -0.39 is 0 Å². The predicted octanol–water partition coefficient (Wildman–Crippen LogP) is 4.51. The van der Waals surface area contributed by atoms with Crippen LogP contribution in [0.5, 0.6) is 0 Å². The Balaban J connectivity index is 1.55. The first kappa shape index (κ1) is 18.6. The molecule has 6 nitrogen and oxygen atoms in total. The van der Waals surface area contributed by atoms with E-state index in [0.717, 1.165) is 28.2 Å². The van der Waals surface area contributed by atoms with E-state index in [1.54, 1.807) is 29.2 Å². The highest BCUT2D eigenvalue weighted by molar-refractivity contribution is 6.04. The molecule has 1 amide bonds. The third-order valence-corrected chi connectivity index (χ3v) is 4.67. The number of carbonyl (C=O) groups excluding carboxylic acids is 1. The van der Waals surface area contributed by atoms with Crippen molar-refractivity contribution in [2.75, 3.05) is 5.32 Å². The smallest absolute Gasteiger partial charge is 0.257 e. The first-order chi connectivity index (χ1) is 14.0. The Labute approximate surface area is 169 Å². The number of anilines is 1. The molecule has 0 fully saturated rings. The molecule has 0 atom stereocenters. The van der Waals surface area contributed by atoms with Crippen molar-refractivity contribution >= 4 is 11.6 Å². The Morgan fingerprint density at radius 2 is 1.83 bits per heavy atom. The molecule has 1 N–H and O–H groups in total. The van der Waals surface area contributed by atoms with Crippen LogP contribution in [0.15, 0.2) is 67.0 Å². The fourth-order valence-electron chi connectivity index (χ4n) is 3.21. The van der Waals surface area contributed by atoms with E-state index in [0.29, 0.717) is 17.1 Å². The van der Waals surface area contributed by atoms with E-state index in [1.807, 2.05) is 63.2 Å². The van der Waals surface area contributed by atoms with Gasteiger partial charge in [-0.1, -0.05) is 12.1 Å². The lowest BCUT2D eigenvalue weighted by Crippen LogP contribution is -2.13. The number of aromatic nitrogens is 4. The lowest BCUT2D eigenvalue weighted by molar-refractivity contribution is 0.102. The number of nitrogens with one attached hydrogen (secondary N) is 1. The SMILES string of the molecule is Cc1cc(C)n(-c2ccc(C(=O)Nc3ccc(C)c(-c4ccccn4)c3)cn2)n1. The molecule has 3 heterocycles. The molecular weight excluding hydrogens is 362 g/mol. The molecule has 0 aliphatic heterocycles. The second-order valence-corrected chi connectivity index (χ2v) is 6.94. The second-order valence-electron chi connectivity index (χ2n) is 6.94. The summed E-state index contributed by atoms with van der Waals surface area (Å²) in [5.74, 6) is 0.466. The molecule has 1 aromatic carbocycles. The summed E-state index contributed by atoms with van der Waals surface area (Å²) in [6.45, 7) is 5.93. The van der Waals surface area contributed by atoms with Gasteiger partial charge < -0.3 is 5.32 Å². The lowest BCUT2D eigenvalue weighted by Gasteiger charge is -2.10. The summed E-state index contributed by atoms with van der Waals surface area (Å²) >= 11 is 0. The molecule has 4 aromatic rings. The summed E-state index contributed by atoms with van der Waals surface area (Å²) < 4.78 is 1.76. The monoisotopic (exact) mass is 383 g/mol. The van der Waals surface area contributed by atoms with Crippen molar-refractivity contribution in [2.45, 2.75) is 20.8 Å². The van der Waals surface area contributed by atoms with Gasteiger partial charge in [0, 0.05) is 29.3 Å². The molecule has 3 aromatic heterocycles. The minimum Gasteiger partial charge on any atom is -0.322 e. The van der Waals surface area contributed by atoms with Crippen LogP contribution in [-0.2, 0) is 0 Å². The van der Waals surface area contributed by atoms with Crippen molar-refractivity contribution in [2.24, 2.45) is 0 Å². The average molecular weight is 383 g/mol. The summed E-state index contributed by atoms with van der Waals surface area (Å²) in [6, 6.07) is 17.1. The fourth-order valence-corrected chi connectivity index (χ4v) is 3.21. The normalized spacial score (nSPS) is 10.7. The highest BCUT2D eigenvalue weighted by Crippen LogP contribution is 2.25. The number of nitrogens with zero attached hydrogens (tertiary/aromatic N) is 4. The Morgan fingerprint density at radius 3 is 2.48 bits per heavy atom. The van der Waals surface area contributed by atoms with Crippen LogP contribution in [0.25, 0.3) is 17.1 Å². The molecule has 144 valence electrons. The van der Waals surface area contributed by atoms with Crippen molar-refractivity contribution in [1.29, 1.82) is 0 Å². The van der Waals surface area contributed by atoms with Crippen LogP contribution in [0.3, 0.4) is 0 Å². The summed E-state index contributed by atoms with van der Waals surface area (Å²) in [5, 5.41) is 7.36. The summed E-state index contributed by atoms with van der Waals surface area (Å²) in [4.78, 5) is 21.5. The fraction of sp³-hybridized carbons (Fsp3) is 0.130. The van der Waals surface area contributed by atoms with Gasteiger partial charge in [0.15, 0.2) is 5.82 Å². The number of hydrogen-bond donors (Lipinski definition) is 1. The van der Waals surface area contributed by atoms with E-state index >= 15 is 0 Å². The van der Waals surface area contributed by atoms with Gasteiger partial charge in [0.2, 0.25) is 0 Å². The number of amides is 1. The molecule has 0 unspecified atom stereocenters. The number of benzene rings is 1. The van der Waals surface area contributed by atoms with Gasteiger partial charge in [-0.3, -0.25) is 9.78 Å². The van der Waals surface area contributed by atoms with Gasteiger partial charge in [-0.25, -0.2) is 9.67 Å². The average Bonchev–Trinajstić information content (AvgIpc) is 3.08. The first-order valence-electron chi connectivity index (χ1n) is 9.34. The van der Waals surface area contributed by atoms with E-state index in [9.17, 15) is 4.79 Å². The zero-order chi connectivity index (χ0) is 20.4. The lowest BCUT2D eigenvalue weighted by atomic mass is 10.0. The zero-order valence-corrected chi connectivity index (χ0v) is 16.5. The van der Waals surface area contributed by atoms with Crippen LogP contribution < -0.4 is 5.32 Å². The molecule has 0 saturated heterocycles. The maximum Gasteiger partial charge on any atom is 0.257 e. The van der Waals surface area contributed by atoms with Gasteiger partial charge in [-0.05, 0) is 68.8 Å². The number of pyridine rings is 2. The Bertz CT molecular complexity index is 1160. The van der Waals surface area contributed by atoms with Crippen LogP contribution in [0.2, 0.25) is 0 Å². The Kier molecular flexibility index (Phi) is 4.91. The van der Waals surface area contributed by atoms with E-state index in [2.05, 4.69) is 20.4 Å². The molecule has 0 radical (unpaired) electrons. The summed E-state index contributed by atoms with van der Waals surface area (Å²) in [7, 11) is 0. The van der Waals surface area contributed by atoms with Gasteiger partial charge in [0.05, 0.1) is 17.0 Å². The third kappa shape index (κ3) is 3.91. The molecule has 0 aliphatic rings. The quantitative estimate of drug-likeness (QED) is 0.563. The van der Waals surface area contributed by atoms with Gasteiger partial charge in [0.1, 0.15) is 0 Å². The highest BCUT2D eigenvalue weighted by atomic mass is 16.1. The van der Waals surface area contributed by atoms with Crippen LogP contribution in [0, 0.1) is 20.8 Å². The number of carbonyl (C=O) groups is 1. The van der Waals surface area contributed by atoms with Crippen molar-refractivity contribution in [3.63, 3.8) is 0 Å². The van der Waals surface area contributed by atoms with Crippen LogP contribution in [0.1, 0.15) is 27.3 Å². The van der Waals surface area contributed by atoms with Crippen LogP contribution in [0.4, 0.5) is 5.69 Å². The molecule has 0 aliphatic carbocycles. The Hall–Kier alpha value is -3.80. The first-order valence-corrected chi connectivity index (χ1v) is 9.34. The van der Waals surface area contributed by atoms with Crippen molar-refractivity contribution in [3.05, 3.63) is 89.5 Å². The molecule has 29 heavy (non-hydrogen) atoms. The largest absolute Gasteiger partial charge is 0.322 e. The maximum absolute atomic E-state index is 12.7. The summed E-state index contributed by atoms with van der Waals surface area (Å²) in [5.41, 5.74) is 6.07. The van der Waals surface area contributed by atoms with Crippen molar-refractivity contribution < 1.29 is 4.79 Å². The number of hydrogen-bond acceptors (Lipinski definition) is 4. The summed E-state index contributed by atoms with van der Waals surface area (Å²) in [6.07, 6.45) is 3.32. The van der Waals surface area contributed by atoms with Gasteiger partial charge in [-0.15, -0.1) is 0 Å². The second kappa shape index (κ2) is 7.67. The van der Waals surface area contributed by atoms with Crippen molar-refractivity contribution in [1.82, 2.24) is 19.7 Å². The standard InChI is InChI=1S/C23H21N5O/c1-15-7-9-19(13-20(15)21-6-4-5-11-24-21)26-23(29)18-8-10-22(25-14-18)28-17(3)12-16(2)27-28/h4-14H,1-3H3,(H,26,29). The predicted molar refractivity (Wildman–Crippen MR) is 113 cm³/mol. The van der Waals surface area contributed by atoms with Crippen molar-refractivity contribution in [3.8, 4) is 17.1 Å². The molecule has 4 rings (SSSR count). The minimum atomic E-state index is -0.215. The minimum absolute atomic E-state index is 0.215. The van der Waals surface area contributed by atoms with Gasteiger partial charge in [0.25, 0.3) is 5.91 Å². The van der Waals surface area contributed by atoms with Gasteiger partial charge >= 0.3 is 0 Å². The van der Waals surface area contributed by atoms with E-state index in [4.69, 9.17) is 0 Å². The Morgan fingerprint density at radius 1 is 0.966 bits per heavy atom. The van der Waals surface area contributed by atoms with Crippen LogP contribution >= 0.6 is 0 Å². The molecular formula is C23H21N5O. The molecule has 0 spiro atoms. The molecule has 0 bridgehead atoms. The van der Waals surface area contributed by atoms with Crippen LogP contribution in [-0.4, -0.2) is 25.7 Å². The molecule has 6 heteroatoms.